The van der Waals surface area contributed by atoms with Crippen LogP contribution in [0.1, 0.15) is 0 Å². The summed E-state index contributed by atoms with van der Waals surface area (Å²) in [6.45, 7) is -1.38. The van der Waals surface area contributed by atoms with Crippen molar-refractivity contribution >= 4 is 0 Å². The van der Waals surface area contributed by atoms with Crippen LogP contribution in [0.3, 0.4) is 0 Å². The fraction of sp³-hybridized carbons (Fsp3) is 1.00. The minimum absolute atomic E-state index is 0.635. The second-order valence-electron chi connectivity index (χ2n) is 5.75. The van der Waals surface area contributed by atoms with Crippen molar-refractivity contribution < 1.29 is 60.2 Å². The molecule has 9 N–H and O–H groups in total. The zero-order valence-corrected chi connectivity index (χ0v) is 12.4. The van der Waals surface area contributed by atoms with E-state index in [4.69, 9.17) is 19.3 Å². The lowest BCUT2D eigenvalue weighted by Gasteiger charge is -2.46. The zero-order chi connectivity index (χ0) is 18.2. The first-order valence-electron chi connectivity index (χ1n) is 7.18. The van der Waals surface area contributed by atoms with Gasteiger partial charge in [-0.1, -0.05) is 0 Å². The highest BCUT2D eigenvalue weighted by molar-refractivity contribution is 4.94. The van der Waals surface area contributed by atoms with Crippen LogP contribution in [0.15, 0.2) is 0 Å². The molecule has 0 aromatic rings. The summed E-state index contributed by atoms with van der Waals surface area (Å²) in [5, 5.41) is 86.8. The van der Waals surface area contributed by atoms with Crippen molar-refractivity contribution in [2.75, 3.05) is 13.2 Å². The summed E-state index contributed by atoms with van der Waals surface area (Å²) in [6.07, 6.45) is -16.3. The molecule has 2 saturated heterocycles. The summed E-state index contributed by atoms with van der Waals surface area (Å²) in [5.41, 5.74) is 0. The summed E-state index contributed by atoms with van der Waals surface area (Å²) in [4.78, 5) is 0. The second-order valence-corrected chi connectivity index (χ2v) is 5.75. The average molecular weight is 358 g/mol. The molecule has 2 heterocycles. The average Bonchev–Trinajstić information content (AvgIpc) is 2.56. The molecule has 0 aliphatic carbocycles. The molecule has 2 aliphatic rings. The normalized spacial score (nSPS) is 51.4. The third-order valence-electron chi connectivity index (χ3n) is 4.09. The van der Waals surface area contributed by atoms with Crippen LogP contribution in [0.5, 0.6) is 0 Å². The summed E-state index contributed by atoms with van der Waals surface area (Å²) < 4.78 is 14.5. The lowest BCUT2D eigenvalue weighted by molar-refractivity contribution is -0.423. The highest BCUT2D eigenvalue weighted by atomic mass is 16.8. The number of aliphatic hydroxyl groups excluding tert-OH is 8. The Kier molecular flexibility index (Phi) is 6.12. The molecule has 0 aromatic carbocycles. The molecule has 142 valence electrons. The third kappa shape index (κ3) is 3.41. The Bertz CT molecular complexity index is 421. The van der Waals surface area contributed by atoms with Crippen molar-refractivity contribution in [1.29, 1.82) is 0 Å². The fourth-order valence-corrected chi connectivity index (χ4v) is 2.48. The van der Waals surface area contributed by atoms with E-state index in [1.54, 1.807) is 0 Å². The van der Waals surface area contributed by atoms with Gasteiger partial charge in [0.2, 0.25) is 12.1 Å². The van der Waals surface area contributed by atoms with Gasteiger partial charge < -0.3 is 60.2 Å². The molecule has 3 unspecified atom stereocenters. The van der Waals surface area contributed by atoms with Crippen LogP contribution in [0.4, 0.5) is 0 Å². The predicted octanol–water partition coefficient (Wildman–Crippen LogP) is -6.08. The molecule has 0 saturated carbocycles. The predicted molar refractivity (Wildman–Crippen MR) is 69.8 cm³/mol. The second kappa shape index (κ2) is 7.41. The van der Waals surface area contributed by atoms with E-state index in [0.29, 0.717) is 0 Å². The Morgan fingerprint density at radius 1 is 1.00 bits per heavy atom. The van der Waals surface area contributed by atoms with Crippen LogP contribution in [-0.2, 0) is 14.2 Å². The Hall–Kier alpha value is -0.480. The molecule has 10 atom stereocenters. The smallest absolute Gasteiger partial charge is 0.247 e. The zero-order valence-electron chi connectivity index (χ0n) is 12.4. The maximum atomic E-state index is 10.1. The summed E-state index contributed by atoms with van der Waals surface area (Å²) in [7, 11) is 0. The fourth-order valence-electron chi connectivity index (χ4n) is 2.48. The Balaban J connectivity index is 2.09. The molecule has 0 aromatic heterocycles. The van der Waals surface area contributed by atoms with E-state index in [-0.39, 0.29) is 0 Å². The molecular formula is C12H22O12. The molecule has 0 spiro atoms. The van der Waals surface area contributed by atoms with Crippen LogP contribution in [0.2, 0.25) is 0 Å². The summed E-state index contributed by atoms with van der Waals surface area (Å²) in [5.74, 6) is -2.86. The minimum atomic E-state index is -2.86. The summed E-state index contributed by atoms with van der Waals surface area (Å²) in [6, 6.07) is 0. The molecule has 0 radical (unpaired) electrons. The Morgan fingerprint density at radius 3 is 2.21 bits per heavy atom. The van der Waals surface area contributed by atoms with Crippen molar-refractivity contribution in [3.05, 3.63) is 0 Å². The standard InChI is InChI=1S/C12H22O12/c13-1-4-6(16)7(17)8(18)10(23-4)24-11(20)12(21)9(19)5(15)3(14)2-22-12/h3-11,13-21H,1-2H2/t3-,4-,5-,6-,7+,8-,9+,10?,11?,12?/m1/s1. The van der Waals surface area contributed by atoms with Crippen molar-refractivity contribution in [3.8, 4) is 0 Å². The van der Waals surface area contributed by atoms with E-state index in [9.17, 15) is 40.9 Å². The van der Waals surface area contributed by atoms with Gasteiger partial charge in [0.25, 0.3) is 0 Å². The number of aliphatic hydroxyl groups is 9. The van der Waals surface area contributed by atoms with Crippen molar-refractivity contribution in [2.24, 2.45) is 0 Å². The summed E-state index contributed by atoms with van der Waals surface area (Å²) >= 11 is 0. The van der Waals surface area contributed by atoms with E-state index in [0.717, 1.165) is 0 Å². The molecule has 12 nitrogen and oxygen atoms in total. The molecule has 2 aliphatic heterocycles. The van der Waals surface area contributed by atoms with Crippen LogP contribution in [-0.4, -0.2) is 120 Å². The van der Waals surface area contributed by atoms with Crippen molar-refractivity contribution in [3.63, 3.8) is 0 Å². The molecule has 0 bridgehead atoms. The van der Waals surface area contributed by atoms with E-state index in [1.165, 1.54) is 0 Å². The van der Waals surface area contributed by atoms with Gasteiger partial charge in [0, 0.05) is 0 Å². The number of rotatable bonds is 4. The van der Waals surface area contributed by atoms with E-state index < -0.39 is 74.3 Å². The first-order valence-corrected chi connectivity index (χ1v) is 7.18. The van der Waals surface area contributed by atoms with Gasteiger partial charge in [0.15, 0.2) is 6.29 Å². The maximum Gasteiger partial charge on any atom is 0.247 e. The van der Waals surface area contributed by atoms with E-state index in [1.807, 2.05) is 0 Å². The minimum Gasteiger partial charge on any atom is -0.394 e. The highest BCUT2D eigenvalue weighted by Gasteiger charge is 2.55. The number of hydrogen-bond donors (Lipinski definition) is 9. The van der Waals surface area contributed by atoms with Gasteiger partial charge in [-0.05, 0) is 0 Å². The third-order valence-corrected chi connectivity index (χ3v) is 4.09. The quantitative estimate of drug-likeness (QED) is 0.215. The maximum absolute atomic E-state index is 10.1. The van der Waals surface area contributed by atoms with Gasteiger partial charge in [-0.2, -0.15) is 0 Å². The van der Waals surface area contributed by atoms with Crippen LogP contribution in [0.25, 0.3) is 0 Å². The molecular weight excluding hydrogens is 336 g/mol. The molecule has 0 amide bonds. The lowest BCUT2D eigenvalue weighted by atomic mass is 9.96. The van der Waals surface area contributed by atoms with Gasteiger partial charge in [0.05, 0.1) is 13.2 Å². The first kappa shape index (κ1) is 19.8. The van der Waals surface area contributed by atoms with Crippen LogP contribution < -0.4 is 0 Å². The van der Waals surface area contributed by atoms with Crippen LogP contribution in [0, 0.1) is 0 Å². The molecule has 2 rings (SSSR count). The van der Waals surface area contributed by atoms with E-state index >= 15 is 0 Å². The highest BCUT2D eigenvalue weighted by Crippen LogP contribution is 2.30. The largest absolute Gasteiger partial charge is 0.394 e. The first-order chi connectivity index (χ1) is 11.1. The molecule has 24 heavy (non-hydrogen) atoms. The van der Waals surface area contributed by atoms with Gasteiger partial charge in [-0.3, -0.25) is 0 Å². The van der Waals surface area contributed by atoms with Crippen molar-refractivity contribution in [1.82, 2.24) is 0 Å². The molecule has 2 fully saturated rings. The van der Waals surface area contributed by atoms with E-state index in [2.05, 4.69) is 0 Å². The number of hydrogen-bond acceptors (Lipinski definition) is 12. The van der Waals surface area contributed by atoms with Crippen molar-refractivity contribution in [2.45, 2.75) is 61.1 Å². The van der Waals surface area contributed by atoms with Gasteiger partial charge >= 0.3 is 0 Å². The van der Waals surface area contributed by atoms with Crippen LogP contribution >= 0.6 is 0 Å². The van der Waals surface area contributed by atoms with Gasteiger partial charge in [0.1, 0.15) is 42.7 Å². The number of ether oxygens (including phenoxy) is 3. The SMILES string of the molecule is OC[C@H]1OC(OC(O)C2(O)OC[C@@H](O)[C@@H](O)[C@@H]2O)[C@H](O)[C@@H](O)[C@@H]1O. The Labute approximate surface area is 135 Å². The lowest BCUT2D eigenvalue weighted by Crippen LogP contribution is -2.68. The monoisotopic (exact) mass is 358 g/mol. The van der Waals surface area contributed by atoms with Gasteiger partial charge in [-0.25, -0.2) is 0 Å². The molecule has 12 heteroatoms. The van der Waals surface area contributed by atoms with Gasteiger partial charge in [-0.15, -0.1) is 0 Å². The Morgan fingerprint density at radius 2 is 1.62 bits per heavy atom. The topological polar surface area (TPSA) is 210 Å².